The van der Waals surface area contributed by atoms with Crippen LogP contribution in [0, 0.1) is 6.92 Å². The van der Waals surface area contributed by atoms with Gasteiger partial charge in [0.05, 0.1) is 14.2 Å². The molecule has 0 aliphatic rings. The molecule has 1 unspecified atom stereocenters. The minimum Gasteiger partial charge on any atom is -0.493 e. The molecule has 1 amide bonds. The van der Waals surface area contributed by atoms with Gasteiger partial charge in [-0.3, -0.25) is 4.79 Å². The highest BCUT2D eigenvalue weighted by atomic mass is 16.5. The van der Waals surface area contributed by atoms with E-state index in [1.165, 1.54) is 0 Å². The topological polar surface area (TPSA) is 56.8 Å². The van der Waals surface area contributed by atoms with Gasteiger partial charge in [-0.25, -0.2) is 0 Å². The number of rotatable bonds is 9. The molecule has 0 aliphatic heterocycles. The van der Waals surface area contributed by atoms with Gasteiger partial charge in [-0.1, -0.05) is 32.0 Å². The molecular formula is C23H31NO4. The summed E-state index contributed by atoms with van der Waals surface area (Å²) in [4.78, 5) is 12.4. The smallest absolute Gasteiger partial charge is 0.260 e. The SMILES string of the molecule is COc1cc(C)c(CCNC(=O)C(C)Oc2ccccc2C(C)C)cc1OC. The van der Waals surface area contributed by atoms with E-state index in [9.17, 15) is 4.79 Å². The fourth-order valence-electron chi connectivity index (χ4n) is 3.06. The third kappa shape index (κ3) is 5.41. The van der Waals surface area contributed by atoms with Gasteiger partial charge in [0.1, 0.15) is 5.75 Å². The molecular weight excluding hydrogens is 354 g/mol. The van der Waals surface area contributed by atoms with Crippen LogP contribution in [0.5, 0.6) is 17.2 Å². The summed E-state index contributed by atoms with van der Waals surface area (Å²) >= 11 is 0. The maximum Gasteiger partial charge on any atom is 0.260 e. The Morgan fingerprint density at radius 3 is 2.29 bits per heavy atom. The van der Waals surface area contributed by atoms with Gasteiger partial charge in [0.15, 0.2) is 17.6 Å². The van der Waals surface area contributed by atoms with Gasteiger partial charge in [-0.05, 0) is 61.1 Å². The van der Waals surface area contributed by atoms with Crippen molar-refractivity contribution in [2.75, 3.05) is 20.8 Å². The minimum atomic E-state index is -0.564. The summed E-state index contributed by atoms with van der Waals surface area (Å²) < 4.78 is 16.6. The molecule has 1 atom stereocenters. The second kappa shape index (κ2) is 10.0. The Balaban J connectivity index is 1.94. The molecule has 0 aromatic heterocycles. The van der Waals surface area contributed by atoms with Crippen LogP contribution < -0.4 is 19.5 Å². The average molecular weight is 386 g/mol. The van der Waals surface area contributed by atoms with Crippen LogP contribution >= 0.6 is 0 Å². The Kier molecular flexibility index (Phi) is 7.73. The number of carbonyl (C=O) groups excluding carboxylic acids is 1. The van der Waals surface area contributed by atoms with Gasteiger partial charge >= 0.3 is 0 Å². The molecule has 0 spiro atoms. The number of aryl methyl sites for hydroxylation is 1. The van der Waals surface area contributed by atoms with Gasteiger partial charge in [0.2, 0.25) is 0 Å². The molecule has 0 radical (unpaired) electrons. The van der Waals surface area contributed by atoms with Crippen LogP contribution in [0.25, 0.3) is 0 Å². The second-order valence-corrected chi connectivity index (χ2v) is 7.13. The molecule has 0 heterocycles. The van der Waals surface area contributed by atoms with E-state index >= 15 is 0 Å². The van der Waals surface area contributed by atoms with Gasteiger partial charge in [0.25, 0.3) is 5.91 Å². The van der Waals surface area contributed by atoms with Crippen molar-refractivity contribution in [2.24, 2.45) is 0 Å². The lowest BCUT2D eigenvalue weighted by Crippen LogP contribution is -2.37. The van der Waals surface area contributed by atoms with Gasteiger partial charge in [0, 0.05) is 6.54 Å². The fraction of sp³-hybridized carbons (Fsp3) is 0.435. The molecule has 2 aromatic carbocycles. The van der Waals surface area contributed by atoms with Crippen molar-refractivity contribution in [3.63, 3.8) is 0 Å². The summed E-state index contributed by atoms with van der Waals surface area (Å²) in [5.74, 6) is 2.36. The number of ether oxygens (including phenoxy) is 3. The minimum absolute atomic E-state index is 0.128. The summed E-state index contributed by atoms with van der Waals surface area (Å²) in [7, 11) is 3.24. The molecule has 152 valence electrons. The average Bonchev–Trinajstić information content (AvgIpc) is 2.68. The van der Waals surface area contributed by atoms with Crippen molar-refractivity contribution in [2.45, 2.75) is 46.1 Å². The highest BCUT2D eigenvalue weighted by Gasteiger charge is 2.17. The monoisotopic (exact) mass is 385 g/mol. The number of methoxy groups -OCH3 is 2. The Labute approximate surface area is 168 Å². The predicted molar refractivity (Wildman–Crippen MR) is 112 cm³/mol. The Bertz CT molecular complexity index is 801. The van der Waals surface area contributed by atoms with Crippen LogP contribution in [0.3, 0.4) is 0 Å². The molecule has 0 saturated heterocycles. The van der Waals surface area contributed by atoms with Crippen LogP contribution in [0.1, 0.15) is 43.4 Å². The van der Waals surface area contributed by atoms with E-state index in [1.54, 1.807) is 21.1 Å². The van der Waals surface area contributed by atoms with Crippen LogP contribution in [-0.4, -0.2) is 32.8 Å². The lowest BCUT2D eigenvalue weighted by Gasteiger charge is -2.19. The van der Waals surface area contributed by atoms with Gasteiger partial charge in [-0.15, -0.1) is 0 Å². The molecule has 0 fully saturated rings. The number of benzene rings is 2. The van der Waals surface area contributed by atoms with E-state index in [4.69, 9.17) is 14.2 Å². The normalized spacial score (nSPS) is 11.8. The lowest BCUT2D eigenvalue weighted by atomic mass is 10.0. The first-order valence-corrected chi connectivity index (χ1v) is 9.62. The lowest BCUT2D eigenvalue weighted by molar-refractivity contribution is -0.127. The first kappa shape index (κ1) is 21.6. The van der Waals surface area contributed by atoms with E-state index < -0.39 is 6.10 Å². The van der Waals surface area contributed by atoms with Crippen molar-refractivity contribution in [3.8, 4) is 17.2 Å². The number of nitrogens with one attached hydrogen (secondary N) is 1. The van der Waals surface area contributed by atoms with Crippen LogP contribution in [0.15, 0.2) is 36.4 Å². The maximum absolute atomic E-state index is 12.4. The summed E-state index contributed by atoms with van der Waals surface area (Å²) in [5, 5.41) is 2.96. The molecule has 0 aliphatic carbocycles. The van der Waals surface area contributed by atoms with Crippen LogP contribution in [0.4, 0.5) is 0 Å². The van der Waals surface area contributed by atoms with Crippen LogP contribution in [0.2, 0.25) is 0 Å². The summed E-state index contributed by atoms with van der Waals surface area (Å²) in [6, 6.07) is 11.8. The Morgan fingerprint density at radius 2 is 1.64 bits per heavy atom. The third-order valence-corrected chi connectivity index (χ3v) is 4.75. The Morgan fingerprint density at radius 1 is 1.00 bits per heavy atom. The highest BCUT2D eigenvalue weighted by Crippen LogP contribution is 2.30. The van der Waals surface area contributed by atoms with Crippen LogP contribution in [-0.2, 0) is 11.2 Å². The molecule has 2 rings (SSSR count). The van der Waals surface area contributed by atoms with Crippen molar-refractivity contribution in [1.29, 1.82) is 0 Å². The van der Waals surface area contributed by atoms with Crippen molar-refractivity contribution < 1.29 is 19.0 Å². The number of amides is 1. The number of carbonyl (C=O) groups is 1. The zero-order valence-corrected chi connectivity index (χ0v) is 17.7. The van der Waals surface area contributed by atoms with E-state index in [0.29, 0.717) is 30.4 Å². The molecule has 0 bridgehead atoms. The molecule has 2 aromatic rings. The zero-order chi connectivity index (χ0) is 20.7. The zero-order valence-electron chi connectivity index (χ0n) is 17.7. The molecule has 28 heavy (non-hydrogen) atoms. The number of hydrogen-bond acceptors (Lipinski definition) is 4. The third-order valence-electron chi connectivity index (χ3n) is 4.75. The summed E-state index contributed by atoms with van der Waals surface area (Å²) in [5.41, 5.74) is 3.31. The molecule has 5 nitrogen and oxygen atoms in total. The Hall–Kier alpha value is -2.69. The number of hydrogen-bond donors (Lipinski definition) is 1. The van der Waals surface area contributed by atoms with E-state index in [2.05, 4.69) is 19.2 Å². The van der Waals surface area contributed by atoms with Crippen molar-refractivity contribution in [1.82, 2.24) is 5.32 Å². The maximum atomic E-state index is 12.4. The van der Waals surface area contributed by atoms with E-state index in [-0.39, 0.29) is 5.91 Å². The first-order chi connectivity index (χ1) is 13.4. The fourth-order valence-corrected chi connectivity index (χ4v) is 3.06. The van der Waals surface area contributed by atoms with Crippen molar-refractivity contribution in [3.05, 3.63) is 53.1 Å². The number of para-hydroxylation sites is 1. The predicted octanol–water partition coefficient (Wildman–Crippen LogP) is 4.26. The first-order valence-electron chi connectivity index (χ1n) is 9.62. The van der Waals surface area contributed by atoms with Gasteiger partial charge in [-0.2, -0.15) is 0 Å². The summed E-state index contributed by atoms with van der Waals surface area (Å²) in [6.45, 7) is 8.53. The largest absolute Gasteiger partial charge is 0.493 e. The molecule has 5 heteroatoms. The van der Waals surface area contributed by atoms with Gasteiger partial charge < -0.3 is 19.5 Å². The highest BCUT2D eigenvalue weighted by molar-refractivity contribution is 5.80. The van der Waals surface area contributed by atoms with E-state index in [0.717, 1.165) is 22.4 Å². The summed E-state index contributed by atoms with van der Waals surface area (Å²) in [6.07, 6.45) is 0.138. The van der Waals surface area contributed by atoms with E-state index in [1.807, 2.05) is 43.3 Å². The van der Waals surface area contributed by atoms with Crippen molar-refractivity contribution >= 4 is 5.91 Å². The standard InChI is InChI=1S/C23H31NO4/c1-15(2)19-9-7-8-10-20(19)28-17(4)23(25)24-12-11-18-14-22(27-6)21(26-5)13-16(18)3/h7-10,13-15,17H,11-12H2,1-6H3,(H,24,25). The quantitative estimate of drug-likeness (QED) is 0.701. The second-order valence-electron chi connectivity index (χ2n) is 7.13. The molecule has 1 N–H and O–H groups in total. The molecule has 0 saturated carbocycles.